The fourth-order valence-corrected chi connectivity index (χ4v) is 3.12. The van der Waals surface area contributed by atoms with Crippen LogP contribution in [-0.2, 0) is 16.2 Å². The fourth-order valence-electron chi connectivity index (χ4n) is 3.12. The molecule has 2 aromatic carbocycles. The quantitative estimate of drug-likeness (QED) is 0.746. The predicted octanol–water partition coefficient (Wildman–Crippen LogP) is 3.77. The highest BCUT2D eigenvalue weighted by atomic mass is 19.1. The largest absolute Gasteiger partial charge is 0.496 e. The molecular formula is C21H23FN2O3. The van der Waals surface area contributed by atoms with Crippen molar-refractivity contribution in [3.05, 3.63) is 65.5 Å². The topological polar surface area (TPSA) is 51.1 Å². The number of para-hydroxylation sites is 1. The van der Waals surface area contributed by atoms with Crippen LogP contribution in [0, 0.1) is 5.82 Å². The summed E-state index contributed by atoms with van der Waals surface area (Å²) in [5, 5.41) is 4.18. The number of amides is 1. The first-order valence-corrected chi connectivity index (χ1v) is 8.99. The van der Waals surface area contributed by atoms with E-state index in [0.29, 0.717) is 24.9 Å². The molecule has 1 aliphatic heterocycles. The number of halogens is 1. The second-order valence-electron chi connectivity index (χ2n) is 6.39. The maximum atomic E-state index is 14.0. The minimum atomic E-state index is -0.315. The van der Waals surface area contributed by atoms with Crippen molar-refractivity contribution in [3.8, 4) is 5.75 Å². The number of nitrogens with zero attached hydrogens (tertiary/aromatic N) is 2. The molecule has 142 valence electrons. The summed E-state index contributed by atoms with van der Waals surface area (Å²) in [6, 6.07) is 14.1. The Morgan fingerprint density at radius 3 is 2.74 bits per heavy atom. The first-order chi connectivity index (χ1) is 13.1. The van der Waals surface area contributed by atoms with E-state index in [1.165, 1.54) is 6.07 Å². The monoisotopic (exact) mass is 370 g/mol. The molecule has 0 spiro atoms. The van der Waals surface area contributed by atoms with Gasteiger partial charge in [0.15, 0.2) is 6.10 Å². The van der Waals surface area contributed by atoms with E-state index in [9.17, 15) is 9.18 Å². The Bertz CT molecular complexity index is 838. The third kappa shape index (κ3) is 4.45. The molecule has 1 atom stereocenters. The molecule has 0 aromatic heterocycles. The number of ether oxygens (including phenoxy) is 1. The SMILES string of the molecule is CCC(=O)N(Cc1ccccc1F)CC1CC(c2ccccc2OC)=NO1. The van der Waals surface area contributed by atoms with Gasteiger partial charge in [0.05, 0.1) is 19.4 Å². The number of hydrogen-bond acceptors (Lipinski definition) is 4. The summed E-state index contributed by atoms with van der Waals surface area (Å²) in [7, 11) is 1.61. The van der Waals surface area contributed by atoms with E-state index in [2.05, 4.69) is 5.16 Å². The molecule has 0 saturated carbocycles. The third-order valence-electron chi connectivity index (χ3n) is 4.55. The second kappa shape index (κ2) is 8.66. The van der Waals surface area contributed by atoms with Gasteiger partial charge in [-0.25, -0.2) is 4.39 Å². The number of oxime groups is 1. The lowest BCUT2D eigenvalue weighted by Gasteiger charge is -2.24. The summed E-state index contributed by atoms with van der Waals surface area (Å²) in [5.74, 6) is 0.366. The molecule has 2 aromatic rings. The van der Waals surface area contributed by atoms with Crippen molar-refractivity contribution in [2.24, 2.45) is 5.16 Å². The summed E-state index contributed by atoms with van der Waals surface area (Å²) in [5.41, 5.74) is 2.15. The molecule has 1 aliphatic rings. The van der Waals surface area contributed by atoms with Crippen molar-refractivity contribution in [2.45, 2.75) is 32.4 Å². The molecule has 0 N–H and O–H groups in total. The van der Waals surface area contributed by atoms with Gasteiger partial charge in [-0.3, -0.25) is 4.79 Å². The normalized spacial score (nSPS) is 15.8. The van der Waals surface area contributed by atoms with Crippen LogP contribution in [0.3, 0.4) is 0 Å². The third-order valence-corrected chi connectivity index (χ3v) is 4.55. The van der Waals surface area contributed by atoms with Crippen molar-refractivity contribution >= 4 is 11.6 Å². The van der Waals surface area contributed by atoms with Crippen molar-refractivity contribution in [1.82, 2.24) is 4.90 Å². The lowest BCUT2D eigenvalue weighted by Crippen LogP contribution is -2.37. The standard InChI is InChI=1S/C21H23FN2O3/c1-3-21(25)24(13-15-8-4-6-10-18(15)22)14-16-12-19(23-27-16)17-9-5-7-11-20(17)26-2/h4-11,16H,3,12-14H2,1-2H3. The van der Waals surface area contributed by atoms with Gasteiger partial charge >= 0.3 is 0 Å². The summed E-state index contributed by atoms with van der Waals surface area (Å²) < 4.78 is 19.4. The average Bonchev–Trinajstić information content (AvgIpc) is 3.16. The number of methoxy groups -OCH3 is 1. The van der Waals surface area contributed by atoms with Gasteiger partial charge in [-0.1, -0.05) is 42.4 Å². The molecule has 0 aliphatic carbocycles. The van der Waals surface area contributed by atoms with Crippen LogP contribution in [0.25, 0.3) is 0 Å². The Labute approximate surface area is 158 Å². The highest BCUT2D eigenvalue weighted by Gasteiger charge is 2.28. The smallest absolute Gasteiger partial charge is 0.222 e. The summed E-state index contributed by atoms with van der Waals surface area (Å²) >= 11 is 0. The fraction of sp³-hybridized carbons (Fsp3) is 0.333. The number of hydrogen-bond donors (Lipinski definition) is 0. The van der Waals surface area contributed by atoms with Crippen molar-refractivity contribution < 1.29 is 18.8 Å². The number of benzene rings is 2. The van der Waals surface area contributed by atoms with Crippen LogP contribution < -0.4 is 4.74 Å². The van der Waals surface area contributed by atoms with Gasteiger partial charge in [-0.05, 0) is 18.2 Å². The predicted molar refractivity (Wildman–Crippen MR) is 101 cm³/mol. The lowest BCUT2D eigenvalue weighted by atomic mass is 10.0. The molecule has 1 amide bonds. The molecule has 0 saturated heterocycles. The van der Waals surface area contributed by atoms with Gasteiger partial charge in [0, 0.05) is 30.5 Å². The zero-order chi connectivity index (χ0) is 19.2. The minimum Gasteiger partial charge on any atom is -0.496 e. The van der Waals surface area contributed by atoms with Crippen LogP contribution in [-0.4, -0.2) is 36.3 Å². The van der Waals surface area contributed by atoms with Gasteiger partial charge < -0.3 is 14.5 Å². The van der Waals surface area contributed by atoms with Crippen LogP contribution in [0.15, 0.2) is 53.7 Å². The van der Waals surface area contributed by atoms with Gasteiger partial charge in [0.1, 0.15) is 11.6 Å². The molecule has 0 radical (unpaired) electrons. The highest BCUT2D eigenvalue weighted by Crippen LogP contribution is 2.25. The van der Waals surface area contributed by atoms with Crippen molar-refractivity contribution in [1.29, 1.82) is 0 Å². The Kier molecular flexibility index (Phi) is 6.06. The summed E-state index contributed by atoms with van der Waals surface area (Å²) in [6.07, 6.45) is 0.638. The van der Waals surface area contributed by atoms with Gasteiger partial charge in [-0.2, -0.15) is 0 Å². The van der Waals surface area contributed by atoms with E-state index >= 15 is 0 Å². The number of carbonyl (C=O) groups is 1. The van der Waals surface area contributed by atoms with Gasteiger partial charge in [0.25, 0.3) is 0 Å². The van der Waals surface area contributed by atoms with Crippen LogP contribution in [0.4, 0.5) is 4.39 Å². The number of carbonyl (C=O) groups excluding carboxylic acids is 1. The van der Waals surface area contributed by atoms with E-state index in [1.54, 1.807) is 37.1 Å². The molecule has 5 nitrogen and oxygen atoms in total. The van der Waals surface area contributed by atoms with E-state index in [4.69, 9.17) is 9.57 Å². The van der Waals surface area contributed by atoms with E-state index in [1.807, 2.05) is 24.3 Å². The van der Waals surface area contributed by atoms with Crippen LogP contribution in [0.1, 0.15) is 30.9 Å². The van der Waals surface area contributed by atoms with Crippen LogP contribution in [0.2, 0.25) is 0 Å². The van der Waals surface area contributed by atoms with Crippen molar-refractivity contribution in [2.75, 3.05) is 13.7 Å². The van der Waals surface area contributed by atoms with Crippen LogP contribution in [0.5, 0.6) is 5.75 Å². The highest BCUT2D eigenvalue weighted by molar-refractivity contribution is 6.03. The summed E-state index contributed by atoms with van der Waals surface area (Å²) in [4.78, 5) is 19.5. The Morgan fingerprint density at radius 1 is 1.26 bits per heavy atom. The average molecular weight is 370 g/mol. The first kappa shape index (κ1) is 18.9. The Balaban J connectivity index is 1.69. The first-order valence-electron chi connectivity index (χ1n) is 8.99. The zero-order valence-corrected chi connectivity index (χ0v) is 15.5. The molecule has 3 rings (SSSR count). The van der Waals surface area contributed by atoms with E-state index in [-0.39, 0.29) is 24.4 Å². The second-order valence-corrected chi connectivity index (χ2v) is 6.39. The molecule has 0 fully saturated rings. The minimum absolute atomic E-state index is 0.0485. The van der Waals surface area contributed by atoms with Crippen LogP contribution >= 0.6 is 0 Å². The molecule has 0 bridgehead atoms. The molecule has 6 heteroatoms. The van der Waals surface area contributed by atoms with E-state index in [0.717, 1.165) is 17.0 Å². The zero-order valence-electron chi connectivity index (χ0n) is 15.5. The molecule has 1 unspecified atom stereocenters. The lowest BCUT2D eigenvalue weighted by molar-refractivity contribution is -0.133. The Hall–Kier alpha value is -2.89. The molecule has 1 heterocycles. The maximum absolute atomic E-state index is 14.0. The molecule has 27 heavy (non-hydrogen) atoms. The van der Waals surface area contributed by atoms with E-state index < -0.39 is 0 Å². The Morgan fingerprint density at radius 2 is 2.00 bits per heavy atom. The number of rotatable bonds is 7. The molecular weight excluding hydrogens is 347 g/mol. The maximum Gasteiger partial charge on any atom is 0.222 e. The van der Waals surface area contributed by atoms with Crippen molar-refractivity contribution in [3.63, 3.8) is 0 Å². The summed E-state index contributed by atoms with van der Waals surface area (Å²) in [6.45, 7) is 2.36. The van der Waals surface area contributed by atoms with Gasteiger partial charge in [-0.15, -0.1) is 0 Å². The van der Waals surface area contributed by atoms with Gasteiger partial charge in [0.2, 0.25) is 5.91 Å².